The summed E-state index contributed by atoms with van der Waals surface area (Å²) in [6.07, 6.45) is 4.58. The molecule has 2 fully saturated rings. The number of carbonyl (C=O) groups excluding carboxylic acids is 1. The van der Waals surface area contributed by atoms with Crippen molar-refractivity contribution in [3.63, 3.8) is 0 Å². The fraction of sp³-hybridized carbons (Fsp3) is 0.789. The van der Waals surface area contributed by atoms with Gasteiger partial charge in [0.25, 0.3) is 0 Å². The Morgan fingerprint density at radius 2 is 2.04 bits per heavy atom. The summed E-state index contributed by atoms with van der Waals surface area (Å²) in [5.74, 6) is 0.275. The minimum atomic E-state index is -0.0841. The number of rotatable bonds is 4. The van der Waals surface area contributed by atoms with Crippen molar-refractivity contribution in [3.8, 4) is 0 Å². The fourth-order valence-corrected chi connectivity index (χ4v) is 4.72. The van der Waals surface area contributed by atoms with Gasteiger partial charge in [-0.2, -0.15) is 5.10 Å². The average molecular weight is 364 g/mol. The lowest BCUT2D eigenvalue weighted by molar-refractivity contribution is 0.0842. The number of nitrogens with zero attached hydrogens (tertiary/aromatic N) is 2. The number of hydrogen-bond donors (Lipinski definition) is 3. The van der Waals surface area contributed by atoms with Gasteiger partial charge in [-0.3, -0.25) is 4.68 Å². The number of amides is 2. The Labute approximate surface area is 156 Å². The average Bonchev–Trinajstić information content (AvgIpc) is 3.09. The second kappa shape index (κ2) is 7.19. The number of ether oxygens (including phenoxy) is 1. The summed E-state index contributed by atoms with van der Waals surface area (Å²) >= 11 is 0. The first kappa shape index (κ1) is 19.2. The summed E-state index contributed by atoms with van der Waals surface area (Å²) in [6.45, 7) is 10.1. The highest BCUT2D eigenvalue weighted by Crippen LogP contribution is 2.33. The van der Waals surface area contributed by atoms with Crippen LogP contribution in [-0.4, -0.2) is 46.1 Å². The Hall–Kier alpha value is -1.60. The molecule has 7 nitrogen and oxygen atoms in total. The number of aryl methyl sites for hydroxylation is 1. The van der Waals surface area contributed by atoms with E-state index in [1.54, 1.807) is 6.20 Å². The first-order chi connectivity index (χ1) is 12.2. The van der Waals surface area contributed by atoms with Gasteiger partial charge in [-0.25, -0.2) is 4.79 Å². The van der Waals surface area contributed by atoms with Crippen molar-refractivity contribution in [3.05, 3.63) is 18.0 Å². The van der Waals surface area contributed by atoms with E-state index >= 15 is 0 Å². The van der Waals surface area contributed by atoms with Gasteiger partial charge in [0.05, 0.1) is 5.69 Å². The van der Waals surface area contributed by atoms with E-state index in [4.69, 9.17) is 4.74 Å². The number of aromatic nitrogens is 2. The number of piperidine rings is 1. The second-order valence-corrected chi connectivity index (χ2v) is 9.07. The van der Waals surface area contributed by atoms with Crippen LogP contribution in [0.4, 0.5) is 4.79 Å². The second-order valence-electron chi connectivity index (χ2n) is 9.07. The van der Waals surface area contributed by atoms with Crippen LogP contribution < -0.4 is 16.0 Å². The van der Waals surface area contributed by atoms with Crippen LogP contribution >= 0.6 is 0 Å². The van der Waals surface area contributed by atoms with Crippen molar-refractivity contribution < 1.29 is 9.53 Å². The Bertz CT molecular complexity index is 624. The molecule has 1 aromatic heterocycles. The quantitative estimate of drug-likeness (QED) is 0.765. The van der Waals surface area contributed by atoms with Crippen LogP contribution in [0.25, 0.3) is 0 Å². The fourth-order valence-electron chi connectivity index (χ4n) is 4.72. The molecule has 2 atom stereocenters. The predicted octanol–water partition coefficient (Wildman–Crippen LogP) is 2.11. The van der Waals surface area contributed by atoms with E-state index in [2.05, 4.69) is 48.7 Å². The molecule has 26 heavy (non-hydrogen) atoms. The van der Waals surface area contributed by atoms with Crippen LogP contribution in [0.5, 0.6) is 0 Å². The van der Waals surface area contributed by atoms with Gasteiger partial charge in [0.1, 0.15) is 6.10 Å². The monoisotopic (exact) mass is 363 g/mol. The maximum absolute atomic E-state index is 12.4. The number of hydrogen-bond acceptors (Lipinski definition) is 4. The summed E-state index contributed by atoms with van der Waals surface area (Å²) in [6, 6.07) is 2.08. The Morgan fingerprint density at radius 3 is 2.65 bits per heavy atom. The molecule has 0 spiro atoms. The normalized spacial score (nSPS) is 28.0. The largest absolute Gasteiger partial charge is 0.372 e. The molecular weight excluding hydrogens is 330 g/mol. The number of nitrogens with one attached hydrogen (secondary N) is 3. The van der Waals surface area contributed by atoms with E-state index in [0.29, 0.717) is 6.54 Å². The molecule has 0 aromatic carbocycles. The molecule has 2 amide bonds. The smallest absolute Gasteiger partial charge is 0.315 e. The van der Waals surface area contributed by atoms with Crippen LogP contribution in [0.1, 0.15) is 58.8 Å². The lowest BCUT2D eigenvalue weighted by Gasteiger charge is -2.46. The molecule has 0 bridgehead atoms. The highest BCUT2D eigenvalue weighted by Gasteiger charge is 2.38. The molecule has 3 N–H and O–H groups in total. The van der Waals surface area contributed by atoms with Crippen LogP contribution in [0.2, 0.25) is 0 Å². The van der Waals surface area contributed by atoms with Gasteiger partial charge >= 0.3 is 6.03 Å². The molecule has 0 saturated carbocycles. The maximum atomic E-state index is 12.4. The van der Waals surface area contributed by atoms with Crippen LogP contribution in [0.3, 0.4) is 0 Å². The lowest BCUT2D eigenvalue weighted by Crippen LogP contribution is -2.62. The highest BCUT2D eigenvalue weighted by molar-refractivity contribution is 5.74. The maximum Gasteiger partial charge on any atom is 0.315 e. The van der Waals surface area contributed by atoms with Gasteiger partial charge in [0, 0.05) is 49.4 Å². The molecule has 2 saturated heterocycles. The molecule has 1 aromatic rings. The third-order valence-corrected chi connectivity index (χ3v) is 5.41. The zero-order valence-corrected chi connectivity index (χ0v) is 16.6. The molecule has 2 aliphatic rings. The van der Waals surface area contributed by atoms with Crippen molar-refractivity contribution in [1.29, 1.82) is 0 Å². The molecule has 0 radical (unpaired) electrons. The van der Waals surface area contributed by atoms with Crippen LogP contribution in [-0.2, 0) is 11.8 Å². The SMILES string of the molecule is Cn1nccc1[C@@H]1OCC[C@H]1CNC(=O)NC1CC(C)(C)NC(C)(C)C1. The van der Waals surface area contributed by atoms with E-state index in [1.165, 1.54) is 0 Å². The van der Waals surface area contributed by atoms with Crippen LogP contribution in [0, 0.1) is 5.92 Å². The van der Waals surface area contributed by atoms with Gasteiger partial charge in [0.2, 0.25) is 0 Å². The minimum absolute atomic E-state index is 0.000419. The third kappa shape index (κ3) is 4.57. The van der Waals surface area contributed by atoms with E-state index in [-0.39, 0.29) is 35.2 Å². The van der Waals surface area contributed by atoms with Crippen molar-refractivity contribution >= 4 is 6.03 Å². The molecule has 146 valence electrons. The number of carbonyl (C=O) groups is 1. The topological polar surface area (TPSA) is 80.2 Å². The van der Waals surface area contributed by atoms with Crippen molar-refractivity contribution in [1.82, 2.24) is 25.7 Å². The first-order valence-corrected chi connectivity index (χ1v) is 9.58. The van der Waals surface area contributed by atoms with Crippen molar-refractivity contribution in [2.24, 2.45) is 13.0 Å². The summed E-state index contributed by atoms with van der Waals surface area (Å²) in [7, 11) is 1.93. The van der Waals surface area contributed by atoms with Crippen molar-refractivity contribution in [2.75, 3.05) is 13.2 Å². The van der Waals surface area contributed by atoms with Crippen LogP contribution in [0.15, 0.2) is 12.3 Å². The number of urea groups is 1. The molecule has 7 heteroatoms. The summed E-state index contributed by atoms with van der Waals surface area (Å²) < 4.78 is 7.74. The van der Waals surface area contributed by atoms with E-state index in [1.807, 2.05) is 17.8 Å². The standard InChI is InChI=1S/C19H33N5O2/c1-18(2)10-14(11-19(3,4)23-18)22-17(25)20-12-13-7-9-26-16(13)15-6-8-21-24(15)5/h6,8,13-14,16,23H,7,9-12H2,1-5H3,(H2,20,22,25)/t13-,16+/m0/s1. The zero-order valence-electron chi connectivity index (χ0n) is 16.6. The molecular formula is C19H33N5O2. The van der Waals surface area contributed by atoms with E-state index in [9.17, 15) is 4.79 Å². The molecule has 2 aliphatic heterocycles. The Balaban J connectivity index is 1.52. The molecule has 3 rings (SSSR count). The third-order valence-electron chi connectivity index (χ3n) is 5.41. The van der Waals surface area contributed by atoms with Gasteiger partial charge in [-0.15, -0.1) is 0 Å². The van der Waals surface area contributed by atoms with Gasteiger partial charge in [0.15, 0.2) is 0 Å². The first-order valence-electron chi connectivity index (χ1n) is 9.58. The van der Waals surface area contributed by atoms with Gasteiger partial charge < -0.3 is 20.7 Å². The van der Waals surface area contributed by atoms with Gasteiger partial charge in [-0.05, 0) is 53.0 Å². The molecule has 0 aliphatic carbocycles. The van der Waals surface area contributed by atoms with E-state index in [0.717, 1.165) is 31.6 Å². The molecule has 3 heterocycles. The Morgan fingerprint density at radius 1 is 1.35 bits per heavy atom. The van der Waals surface area contributed by atoms with Gasteiger partial charge in [-0.1, -0.05) is 0 Å². The summed E-state index contributed by atoms with van der Waals surface area (Å²) in [4.78, 5) is 12.4. The van der Waals surface area contributed by atoms with E-state index < -0.39 is 0 Å². The Kier molecular flexibility index (Phi) is 5.30. The summed E-state index contributed by atoms with van der Waals surface area (Å²) in [5, 5.41) is 14.1. The van der Waals surface area contributed by atoms with Crippen molar-refractivity contribution in [2.45, 2.75) is 70.2 Å². The predicted molar refractivity (Wildman–Crippen MR) is 101 cm³/mol. The zero-order chi connectivity index (χ0) is 18.9. The lowest BCUT2D eigenvalue weighted by atomic mass is 9.80. The molecule has 0 unspecified atom stereocenters. The summed E-state index contributed by atoms with van der Waals surface area (Å²) in [5.41, 5.74) is 1.10. The minimum Gasteiger partial charge on any atom is -0.372 e. The highest BCUT2D eigenvalue weighted by atomic mass is 16.5.